The standard InChI is InChI=1S/C17H26N4OS/c1-13-10-19-16(12-18-13)17(22)20-11-14-2-6-21(7-3-14)15-4-8-23-9-5-15/h10,12,14-15H,2-9,11H2,1H3,(H,20,22). The minimum absolute atomic E-state index is 0.107. The average molecular weight is 334 g/mol. The molecule has 1 N–H and O–H groups in total. The normalized spacial score (nSPS) is 21.3. The average Bonchev–Trinajstić information content (AvgIpc) is 2.61. The number of hydrogen-bond acceptors (Lipinski definition) is 5. The molecule has 126 valence electrons. The molecule has 2 aliphatic heterocycles. The van der Waals surface area contributed by atoms with Gasteiger partial charge in [-0.1, -0.05) is 0 Å². The van der Waals surface area contributed by atoms with Crippen LogP contribution in [-0.2, 0) is 0 Å². The molecular formula is C17H26N4OS. The van der Waals surface area contributed by atoms with Crippen molar-refractivity contribution in [2.75, 3.05) is 31.1 Å². The Hall–Kier alpha value is -1.14. The van der Waals surface area contributed by atoms with E-state index in [1.165, 1.54) is 50.3 Å². The Labute approximate surface area is 142 Å². The molecule has 0 bridgehead atoms. The molecule has 0 aliphatic carbocycles. The molecule has 0 saturated carbocycles. The second-order valence-electron chi connectivity index (χ2n) is 6.58. The Morgan fingerprint density at radius 2 is 1.96 bits per heavy atom. The second-order valence-corrected chi connectivity index (χ2v) is 7.80. The van der Waals surface area contributed by atoms with E-state index >= 15 is 0 Å². The highest BCUT2D eigenvalue weighted by molar-refractivity contribution is 7.99. The molecule has 3 heterocycles. The van der Waals surface area contributed by atoms with E-state index in [1.807, 2.05) is 6.92 Å². The summed E-state index contributed by atoms with van der Waals surface area (Å²) in [6.07, 6.45) is 8.24. The third-order valence-electron chi connectivity index (χ3n) is 4.92. The van der Waals surface area contributed by atoms with E-state index in [0.29, 0.717) is 11.6 Å². The van der Waals surface area contributed by atoms with Crippen LogP contribution in [0.4, 0.5) is 0 Å². The lowest BCUT2D eigenvalue weighted by atomic mass is 9.94. The molecule has 0 spiro atoms. The van der Waals surface area contributed by atoms with Gasteiger partial charge < -0.3 is 10.2 Å². The van der Waals surface area contributed by atoms with Crippen molar-refractivity contribution < 1.29 is 4.79 Å². The zero-order valence-corrected chi connectivity index (χ0v) is 14.6. The van der Waals surface area contributed by atoms with Gasteiger partial charge in [0.05, 0.1) is 11.9 Å². The zero-order chi connectivity index (χ0) is 16.1. The third kappa shape index (κ3) is 4.67. The number of aromatic nitrogens is 2. The summed E-state index contributed by atoms with van der Waals surface area (Å²) < 4.78 is 0. The van der Waals surface area contributed by atoms with E-state index < -0.39 is 0 Å². The molecule has 6 heteroatoms. The van der Waals surface area contributed by atoms with Crippen LogP contribution >= 0.6 is 11.8 Å². The quantitative estimate of drug-likeness (QED) is 0.914. The number of carbonyl (C=O) groups is 1. The van der Waals surface area contributed by atoms with E-state index in [-0.39, 0.29) is 5.91 Å². The topological polar surface area (TPSA) is 58.1 Å². The van der Waals surface area contributed by atoms with Crippen molar-refractivity contribution in [3.8, 4) is 0 Å². The lowest BCUT2D eigenvalue weighted by Crippen LogP contribution is -2.45. The fourth-order valence-corrected chi connectivity index (χ4v) is 4.49. The number of rotatable bonds is 4. The van der Waals surface area contributed by atoms with Gasteiger partial charge in [-0.3, -0.25) is 9.78 Å². The van der Waals surface area contributed by atoms with Crippen LogP contribution in [-0.4, -0.2) is 58.0 Å². The molecule has 0 radical (unpaired) electrons. The van der Waals surface area contributed by atoms with Crippen LogP contribution in [0.3, 0.4) is 0 Å². The van der Waals surface area contributed by atoms with Gasteiger partial charge in [0.2, 0.25) is 0 Å². The van der Waals surface area contributed by atoms with Gasteiger partial charge in [-0.15, -0.1) is 0 Å². The number of aryl methyl sites for hydroxylation is 1. The SMILES string of the molecule is Cc1cnc(C(=O)NCC2CCN(C3CCSCC3)CC2)cn1. The molecule has 0 aromatic carbocycles. The molecule has 0 atom stereocenters. The summed E-state index contributed by atoms with van der Waals surface area (Å²) in [5, 5.41) is 3.02. The number of carbonyl (C=O) groups excluding carboxylic acids is 1. The fraction of sp³-hybridized carbons (Fsp3) is 0.706. The van der Waals surface area contributed by atoms with Crippen LogP contribution in [0.25, 0.3) is 0 Å². The molecule has 1 amide bonds. The van der Waals surface area contributed by atoms with Gasteiger partial charge >= 0.3 is 0 Å². The first-order valence-electron chi connectivity index (χ1n) is 8.61. The maximum atomic E-state index is 12.1. The summed E-state index contributed by atoms with van der Waals surface area (Å²) in [6.45, 7) is 4.98. The van der Waals surface area contributed by atoms with E-state index in [0.717, 1.165) is 18.3 Å². The smallest absolute Gasteiger partial charge is 0.271 e. The number of amides is 1. The van der Waals surface area contributed by atoms with E-state index in [4.69, 9.17) is 0 Å². The number of hydrogen-bond donors (Lipinski definition) is 1. The van der Waals surface area contributed by atoms with Crippen molar-refractivity contribution in [2.24, 2.45) is 5.92 Å². The van der Waals surface area contributed by atoms with Gasteiger partial charge in [-0.2, -0.15) is 11.8 Å². The van der Waals surface area contributed by atoms with E-state index in [9.17, 15) is 4.79 Å². The summed E-state index contributed by atoms with van der Waals surface area (Å²) in [5.41, 5.74) is 1.24. The van der Waals surface area contributed by atoms with Gasteiger partial charge in [0.15, 0.2) is 0 Å². The summed E-state index contributed by atoms with van der Waals surface area (Å²) in [4.78, 5) is 23.0. The number of thioether (sulfide) groups is 1. The van der Waals surface area contributed by atoms with Crippen molar-refractivity contribution >= 4 is 17.7 Å². The number of likely N-dealkylation sites (tertiary alicyclic amines) is 1. The van der Waals surface area contributed by atoms with Crippen LogP contribution in [0.2, 0.25) is 0 Å². The Morgan fingerprint density at radius 3 is 2.61 bits per heavy atom. The summed E-state index contributed by atoms with van der Waals surface area (Å²) in [7, 11) is 0. The number of piperidine rings is 1. The first-order valence-corrected chi connectivity index (χ1v) is 9.76. The molecule has 2 fully saturated rings. The molecule has 2 saturated heterocycles. The molecule has 1 aromatic heterocycles. The minimum Gasteiger partial charge on any atom is -0.350 e. The first kappa shape index (κ1) is 16.7. The Bertz CT molecular complexity index is 508. The van der Waals surface area contributed by atoms with Gasteiger partial charge in [0.1, 0.15) is 5.69 Å². The maximum Gasteiger partial charge on any atom is 0.271 e. The number of nitrogens with zero attached hydrogens (tertiary/aromatic N) is 3. The highest BCUT2D eigenvalue weighted by Crippen LogP contribution is 2.26. The molecule has 3 rings (SSSR count). The van der Waals surface area contributed by atoms with Crippen LogP contribution in [0.1, 0.15) is 41.9 Å². The van der Waals surface area contributed by atoms with Crippen LogP contribution in [0.5, 0.6) is 0 Å². The summed E-state index contributed by atoms with van der Waals surface area (Å²) in [6, 6.07) is 0.801. The highest BCUT2D eigenvalue weighted by atomic mass is 32.2. The summed E-state index contributed by atoms with van der Waals surface area (Å²) in [5.74, 6) is 3.12. The largest absolute Gasteiger partial charge is 0.350 e. The zero-order valence-electron chi connectivity index (χ0n) is 13.8. The van der Waals surface area contributed by atoms with Crippen LogP contribution in [0, 0.1) is 12.8 Å². The molecular weight excluding hydrogens is 308 g/mol. The fourth-order valence-electron chi connectivity index (χ4n) is 3.41. The molecule has 0 unspecified atom stereocenters. The van der Waals surface area contributed by atoms with Crippen LogP contribution < -0.4 is 5.32 Å². The molecule has 5 nitrogen and oxygen atoms in total. The van der Waals surface area contributed by atoms with Gasteiger partial charge in [-0.05, 0) is 63.1 Å². The predicted octanol–water partition coefficient (Wildman–Crippen LogP) is 2.12. The Morgan fingerprint density at radius 1 is 1.22 bits per heavy atom. The minimum atomic E-state index is -0.107. The van der Waals surface area contributed by atoms with Crippen molar-refractivity contribution in [1.82, 2.24) is 20.2 Å². The van der Waals surface area contributed by atoms with Crippen molar-refractivity contribution in [3.05, 3.63) is 23.8 Å². The van der Waals surface area contributed by atoms with Gasteiger partial charge in [0, 0.05) is 18.8 Å². The van der Waals surface area contributed by atoms with Gasteiger partial charge in [-0.25, -0.2) is 4.98 Å². The lowest BCUT2D eigenvalue weighted by Gasteiger charge is -2.39. The Balaban J connectivity index is 1.40. The van der Waals surface area contributed by atoms with E-state index in [1.54, 1.807) is 12.4 Å². The number of nitrogens with one attached hydrogen (secondary N) is 1. The maximum absolute atomic E-state index is 12.1. The van der Waals surface area contributed by atoms with Gasteiger partial charge in [0.25, 0.3) is 5.91 Å². The van der Waals surface area contributed by atoms with E-state index in [2.05, 4.69) is 31.9 Å². The monoisotopic (exact) mass is 334 g/mol. The second kappa shape index (κ2) is 8.11. The molecule has 23 heavy (non-hydrogen) atoms. The predicted molar refractivity (Wildman–Crippen MR) is 93.7 cm³/mol. The van der Waals surface area contributed by atoms with Crippen LogP contribution in [0.15, 0.2) is 12.4 Å². The molecule has 1 aromatic rings. The summed E-state index contributed by atoms with van der Waals surface area (Å²) >= 11 is 2.09. The lowest BCUT2D eigenvalue weighted by molar-refractivity contribution is 0.0915. The van der Waals surface area contributed by atoms with Crippen molar-refractivity contribution in [3.63, 3.8) is 0 Å². The first-order chi connectivity index (χ1) is 11.2. The van der Waals surface area contributed by atoms with Crippen molar-refractivity contribution in [1.29, 1.82) is 0 Å². The molecule has 2 aliphatic rings. The Kier molecular flexibility index (Phi) is 5.89. The third-order valence-corrected chi connectivity index (χ3v) is 5.97. The highest BCUT2D eigenvalue weighted by Gasteiger charge is 2.26. The van der Waals surface area contributed by atoms with Crippen molar-refractivity contribution in [2.45, 2.75) is 38.6 Å².